The number of amides is 1. The number of hydrogen-bond acceptors (Lipinski definition) is 3. The van der Waals surface area contributed by atoms with E-state index in [0.717, 1.165) is 24.1 Å². The number of aryl methyl sites for hydroxylation is 1. The molecular weight excluding hydrogens is 240 g/mol. The summed E-state index contributed by atoms with van der Waals surface area (Å²) in [7, 11) is 0. The lowest BCUT2D eigenvalue weighted by molar-refractivity contribution is 0.0930. The fourth-order valence-electron chi connectivity index (χ4n) is 2.21. The lowest BCUT2D eigenvalue weighted by atomic mass is 10.1. The molecule has 0 radical (unpaired) electrons. The molecule has 4 heteroatoms. The Morgan fingerprint density at radius 2 is 2.32 bits per heavy atom. The van der Waals surface area contributed by atoms with Crippen LogP contribution in [0.5, 0.6) is 0 Å². The number of carbonyl (C=O) groups excluding carboxylic acids is 1. The van der Waals surface area contributed by atoms with Crippen molar-refractivity contribution < 1.29 is 9.21 Å². The van der Waals surface area contributed by atoms with Crippen LogP contribution in [0.2, 0.25) is 0 Å². The van der Waals surface area contributed by atoms with Crippen molar-refractivity contribution in [3.63, 3.8) is 0 Å². The Hall–Kier alpha value is -2.10. The zero-order chi connectivity index (χ0) is 13.2. The molecule has 1 atom stereocenters. The van der Waals surface area contributed by atoms with E-state index >= 15 is 0 Å². The zero-order valence-corrected chi connectivity index (χ0v) is 10.8. The first-order valence-corrected chi connectivity index (χ1v) is 6.49. The topological polar surface area (TPSA) is 55.1 Å². The number of carbonyl (C=O) groups is 1. The summed E-state index contributed by atoms with van der Waals surface area (Å²) in [5.41, 5.74) is 2.66. The average molecular weight is 256 g/mol. The second kappa shape index (κ2) is 4.88. The normalized spacial score (nSPS) is 16.1. The molecule has 2 aromatic heterocycles. The van der Waals surface area contributed by atoms with E-state index in [0.29, 0.717) is 11.5 Å². The molecule has 0 spiro atoms. The Labute approximate surface area is 111 Å². The smallest absolute Gasteiger partial charge is 0.255 e. The van der Waals surface area contributed by atoms with Gasteiger partial charge in [-0.25, -0.2) is 0 Å². The van der Waals surface area contributed by atoms with Gasteiger partial charge < -0.3 is 9.73 Å². The summed E-state index contributed by atoms with van der Waals surface area (Å²) < 4.78 is 4.94. The van der Waals surface area contributed by atoms with E-state index < -0.39 is 0 Å². The second-order valence-electron chi connectivity index (χ2n) is 5.06. The SMILES string of the molecule is Cc1ccnc([C@H](NC(=O)c2ccoc2)C2CC2)c1. The van der Waals surface area contributed by atoms with Crippen LogP contribution in [0.1, 0.15) is 40.5 Å². The quantitative estimate of drug-likeness (QED) is 0.915. The summed E-state index contributed by atoms with van der Waals surface area (Å²) in [5, 5.41) is 3.06. The molecule has 1 amide bonds. The van der Waals surface area contributed by atoms with Gasteiger partial charge in [0.15, 0.2) is 0 Å². The first-order valence-electron chi connectivity index (χ1n) is 6.49. The standard InChI is InChI=1S/C15H16N2O2/c1-10-4-6-16-13(8-10)14(11-2-3-11)17-15(18)12-5-7-19-9-12/h4-9,11,14H,2-3H2,1H3,(H,17,18)/t14-/m1/s1. The van der Waals surface area contributed by atoms with Crippen molar-refractivity contribution in [2.75, 3.05) is 0 Å². The Morgan fingerprint density at radius 3 is 2.95 bits per heavy atom. The molecule has 0 saturated heterocycles. The molecule has 0 aromatic carbocycles. The lowest BCUT2D eigenvalue weighted by Gasteiger charge is -2.17. The molecule has 19 heavy (non-hydrogen) atoms. The van der Waals surface area contributed by atoms with Gasteiger partial charge in [-0.15, -0.1) is 0 Å². The lowest BCUT2D eigenvalue weighted by Crippen LogP contribution is -2.30. The molecule has 1 aliphatic rings. The highest BCUT2D eigenvalue weighted by atomic mass is 16.3. The van der Waals surface area contributed by atoms with Gasteiger partial charge in [0.1, 0.15) is 6.26 Å². The number of aromatic nitrogens is 1. The number of rotatable bonds is 4. The second-order valence-corrected chi connectivity index (χ2v) is 5.06. The Bertz CT molecular complexity index is 574. The predicted molar refractivity (Wildman–Crippen MR) is 70.6 cm³/mol. The van der Waals surface area contributed by atoms with Crippen LogP contribution < -0.4 is 5.32 Å². The average Bonchev–Trinajstić information content (AvgIpc) is 3.09. The van der Waals surface area contributed by atoms with Gasteiger partial charge in [-0.2, -0.15) is 0 Å². The number of nitrogens with zero attached hydrogens (tertiary/aromatic N) is 1. The summed E-state index contributed by atoms with van der Waals surface area (Å²) in [6.07, 6.45) is 7.05. The maximum atomic E-state index is 12.1. The van der Waals surface area contributed by atoms with Crippen LogP contribution in [-0.4, -0.2) is 10.9 Å². The van der Waals surface area contributed by atoms with E-state index in [-0.39, 0.29) is 11.9 Å². The highest BCUT2D eigenvalue weighted by Crippen LogP contribution is 2.40. The molecule has 4 nitrogen and oxygen atoms in total. The van der Waals surface area contributed by atoms with E-state index in [1.54, 1.807) is 12.3 Å². The summed E-state index contributed by atoms with van der Waals surface area (Å²) >= 11 is 0. The first kappa shape index (κ1) is 12.0. The number of pyridine rings is 1. The van der Waals surface area contributed by atoms with Crippen LogP contribution in [0.25, 0.3) is 0 Å². The van der Waals surface area contributed by atoms with Gasteiger partial charge >= 0.3 is 0 Å². The van der Waals surface area contributed by atoms with E-state index in [4.69, 9.17) is 4.42 Å². The third kappa shape index (κ3) is 2.67. The van der Waals surface area contributed by atoms with E-state index in [1.165, 1.54) is 12.5 Å². The first-order chi connectivity index (χ1) is 9.24. The Balaban J connectivity index is 1.80. The minimum Gasteiger partial charge on any atom is -0.472 e. The van der Waals surface area contributed by atoms with Gasteiger partial charge in [-0.05, 0) is 49.4 Å². The van der Waals surface area contributed by atoms with Crippen molar-refractivity contribution in [1.29, 1.82) is 0 Å². The molecule has 1 N–H and O–H groups in total. The van der Waals surface area contributed by atoms with Crippen LogP contribution in [0, 0.1) is 12.8 Å². The summed E-state index contributed by atoms with van der Waals surface area (Å²) in [5.74, 6) is 0.402. The van der Waals surface area contributed by atoms with Crippen molar-refractivity contribution in [2.24, 2.45) is 5.92 Å². The highest BCUT2D eigenvalue weighted by Gasteiger charge is 2.34. The Kier molecular flexibility index (Phi) is 3.07. The van der Waals surface area contributed by atoms with Crippen molar-refractivity contribution in [1.82, 2.24) is 10.3 Å². The molecule has 1 aliphatic carbocycles. The third-order valence-corrected chi connectivity index (χ3v) is 3.42. The van der Waals surface area contributed by atoms with Crippen LogP contribution in [0.3, 0.4) is 0 Å². The van der Waals surface area contributed by atoms with Crippen molar-refractivity contribution in [2.45, 2.75) is 25.8 Å². The predicted octanol–water partition coefficient (Wildman–Crippen LogP) is 2.86. The maximum Gasteiger partial charge on any atom is 0.255 e. The number of hydrogen-bond donors (Lipinski definition) is 1. The molecule has 0 unspecified atom stereocenters. The molecule has 0 aliphatic heterocycles. The fraction of sp³-hybridized carbons (Fsp3) is 0.333. The summed E-state index contributed by atoms with van der Waals surface area (Å²) in [6.45, 7) is 2.03. The van der Waals surface area contributed by atoms with E-state index in [9.17, 15) is 4.79 Å². The van der Waals surface area contributed by atoms with Crippen LogP contribution in [0.15, 0.2) is 41.3 Å². The number of nitrogens with one attached hydrogen (secondary N) is 1. The monoisotopic (exact) mass is 256 g/mol. The van der Waals surface area contributed by atoms with Crippen molar-refractivity contribution in [3.05, 3.63) is 53.7 Å². The van der Waals surface area contributed by atoms with Crippen LogP contribution >= 0.6 is 0 Å². The van der Waals surface area contributed by atoms with Crippen molar-refractivity contribution >= 4 is 5.91 Å². The summed E-state index contributed by atoms with van der Waals surface area (Å²) in [6, 6.07) is 5.68. The van der Waals surface area contributed by atoms with Crippen LogP contribution in [-0.2, 0) is 0 Å². The summed E-state index contributed by atoms with van der Waals surface area (Å²) in [4.78, 5) is 16.5. The van der Waals surface area contributed by atoms with Crippen molar-refractivity contribution in [3.8, 4) is 0 Å². The molecule has 2 heterocycles. The fourth-order valence-corrected chi connectivity index (χ4v) is 2.21. The molecule has 98 valence electrons. The molecule has 1 saturated carbocycles. The largest absolute Gasteiger partial charge is 0.472 e. The molecular formula is C15H16N2O2. The molecule has 2 aromatic rings. The van der Waals surface area contributed by atoms with Gasteiger partial charge in [0.2, 0.25) is 0 Å². The van der Waals surface area contributed by atoms with Gasteiger partial charge in [-0.3, -0.25) is 9.78 Å². The molecule has 3 rings (SSSR count). The zero-order valence-electron chi connectivity index (χ0n) is 10.8. The van der Waals surface area contributed by atoms with Gasteiger partial charge in [0, 0.05) is 6.20 Å². The molecule has 1 fully saturated rings. The Morgan fingerprint density at radius 1 is 1.47 bits per heavy atom. The maximum absolute atomic E-state index is 12.1. The van der Waals surface area contributed by atoms with Crippen LogP contribution in [0.4, 0.5) is 0 Å². The third-order valence-electron chi connectivity index (χ3n) is 3.42. The van der Waals surface area contributed by atoms with E-state index in [1.807, 2.05) is 19.1 Å². The minimum absolute atomic E-state index is 0.00213. The van der Waals surface area contributed by atoms with Gasteiger partial charge in [0.25, 0.3) is 5.91 Å². The van der Waals surface area contributed by atoms with Gasteiger partial charge in [-0.1, -0.05) is 0 Å². The number of furan rings is 1. The molecule has 0 bridgehead atoms. The van der Waals surface area contributed by atoms with E-state index in [2.05, 4.69) is 10.3 Å². The van der Waals surface area contributed by atoms with Gasteiger partial charge in [0.05, 0.1) is 23.6 Å². The minimum atomic E-state index is -0.103. The highest BCUT2D eigenvalue weighted by molar-refractivity contribution is 5.94.